The van der Waals surface area contributed by atoms with Crippen LogP contribution in [-0.4, -0.2) is 22.3 Å². The first-order valence-electron chi connectivity index (χ1n) is 8.14. The van der Waals surface area contributed by atoms with Crippen molar-refractivity contribution in [3.63, 3.8) is 0 Å². The Hall–Kier alpha value is -2.36. The van der Waals surface area contributed by atoms with Crippen molar-refractivity contribution in [2.75, 3.05) is 6.54 Å². The highest BCUT2D eigenvalue weighted by Crippen LogP contribution is 2.31. The lowest BCUT2D eigenvalue weighted by Gasteiger charge is -2.35. The van der Waals surface area contributed by atoms with E-state index in [1.807, 2.05) is 53.6 Å². The van der Waals surface area contributed by atoms with Crippen LogP contribution in [0.25, 0.3) is 0 Å². The maximum Gasteiger partial charge on any atom is 0.219 e. The molecule has 0 aliphatic carbocycles. The van der Waals surface area contributed by atoms with E-state index in [4.69, 9.17) is 4.74 Å². The van der Waals surface area contributed by atoms with Crippen LogP contribution in [-0.2, 0) is 11.4 Å². The lowest BCUT2D eigenvalue weighted by atomic mass is 9.96. The van der Waals surface area contributed by atoms with Crippen molar-refractivity contribution in [3.05, 3.63) is 59.8 Å². The van der Waals surface area contributed by atoms with Gasteiger partial charge in [-0.3, -0.25) is 4.79 Å². The highest BCUT2D eigenvalue weighted by molar-refractivity contribution is 5.74. The molecule has 1 fully saturated rings. The van der Waals surface area contributed by atoms with E-state index in [0.717, 1.165) is 36.9 Å². The Labute approximate surface area is 137 Å². The average Bonchev–Trinajstić information content (AvgIpc) is 2.61. The average molecular weight is 310 g/mol. The Morgan fingerprint density at radius 1 is 1.22 bits per heavy atom. The van der Waals surface area contributed by atoms with Gasteiger partial charge in [0.15, 0.2) is 0 Å². The Bertz CT molecular complexity index is 640. The topological polar surface area (TPSA) is 42.4 Å². The number of hydrogen-bond donors (Lipinski definition) is 0. The molecule has 1 unspecified atom stereocenters. The SMILES string of the molecule is CC(=O)N1CCCCC1c1ccc(OCc2ccccc2)nc1. The molecule has 0 saturated carbocycles. The molecule has 1 aromatic heterocycles. The van der Waals surface area contributed by atoms with Gasteiger partial charge in [0, 0.05) is 25.7 Å². The number of pyridine rings is 1. The van der Waals surface area contributed by atoms with Crippen LogP contribution in [0.4, 0.5) is 0 Å². The minimum absolute atomic E-state index is 0.138. The number of rotatable bonds is 4. The summed E-state index contributed by atoms with van der Waals surface area (Å²) in [5.74, 6) is 0.752. The maximum absolute atomic E-state index is 11.8. The Morgan fingerprint density at radius 2 is 2.04 bits per heavy atom. The van der Waals surface area contributed by atoms with Crippen molar-refractivity contribution in [2.24, 2.45) is 0 Å². The highest BCUT2D eigenvalue weighted by Gasteiger charge is 2.25. The van der Waals surface area contributed by atoms with Crippen LogP contribution in [0.2, 0.25) is 0 Å². The fourth-order valence-corrected chi connectivity index (χ4v) is 3.06. The number of amides is 1. The number of carbonyl (C=O) groups excluding carboxylic acids is 1. The lowest BCUT2D eigenvalue weighted by Crippen LogP contribution is -2.36. The van der Waals surface area contributed by atoms with Crippen LogP contribution in [0.1, 0.15) is 43.4 Å². The van der Waals surface area contributed by atoms with Crippen molar-refractivity contribution >= 4 is 5.91 Å². The van der Waals surface area contributed by atoms with Crippen LogP contribution in [0.15, 0.2) is 48.7 Å². The third-order valence-corrected chi connectivity index (χ3v) is 4.28. The van der Waals surface area contributed by atoms with Gasteiger partial charge in [-0.15, -0.1) is 0 Å². The second-order valence-electron chi connectivity index (χ2n) is 5.93. The summed E-state index contributed by atoms with van der Waals surface area (Å²) in [5, 5.41) is 0. The first-order chi connectivity index (χ1) is 11.2. The quantitative estimate of drug-likeness (QED) is 0.864. The molecule has 1 atom stereocenters. The van der Waals surface area contributed by atoms with Gasteiger partial charge in [0.05, 0.1) is 6.04 Å². The van der Waals surface area contributed by atoms with Gasteiger partial charge in [-0.05, 0) is 30.4 Å². The molecule has 4 heteroatoms. The molecule has 3 rings (SSSR count). The van der Waals surface area contributed by atoms with Crippen molar-refractivity contribution < 1.29 is 9.53 Å². The van der Waals surface area contributed by atoms with E-state index < -0.39 is 0 Å². The molecule has 23 heavy (non-hydrogen) atoms. The first-order valence-corrected chi connectivity index (χ1v) is 8.14. The summed E-state index contributed by atoms with van der Waals surface area (Å²) in [4.78, 5) is 18.1. The van der Waals surface area contributed by atoms with Gasteiger partial charge >= 0.3 is 0 Å². The number of ether oxygens (including phenoxy) is 1. The molecule has 0 bridgehead atoms. The van der Waals surface area contributed by atoms with E-state index in [9.17, 15) is 4.79 Å². The maximum atomic E-state index is 11.8. The molecular weight excluding hydrogens is 288 g/mol. The summed E-state index contributed by atoms with van der Waals surface area (Å²) in [6.45, 7) is 2.99. The molecule has 1 aliphatic heterocycles. The monoisotopic (exact) mass is 310 g/mol. The van der Waals surface area contributed by atoms with Gasteiger partial charge in [-0.25, -0.2) is 4.98 Å². The molecule has 2 aromatic rings. The summed E-state index contributed by atoms with van der Waals surface area (Å²) >= 11 is 0. The van der Waals surface area contributed by atoms with E-state index in [2.05, 4.69) is 4.98 Å². The first kappa shape index (κ1) is 15.5. The number of hydrogen-bond acceptors (Lipinski definition) is 3. The van der Waals surface area contributed by atoms with Gasteiger partial charge in [0.1, 0.15) is 6.61 Å². The van der Waals surface area contributed by atoms with Crippen molar-refractivity contribution in [2.45, 2.75) is 38.8 Å². The number of aromatic nitrogens is 1. The summed E-state index contributed by atoms with van der Waals surface area (Å²) in [6, 6.07) is 14.1. The van der Waals surface area contributed by atoms with E-state index >= 15 is 0 Å². The number of likely N-dealkylation sites (tertiary alicyclic amines) is 1. The smallest absolute Gasteiger partial charge is 0.219 e. The minimum atomic E-state index is 0.138. The second-order valence-corrected chi connectivity index (χ2v) is 5.93. The van der Waals surface area contributed by atoms with Gasteiger partial charge < -0.3 is 9.64 Å². The zero-order chi connectivity index (χ0) is 16.1. The fraction of sp³-hybridized carbons (Fsp3) is 0.368. The third-order valence-electron chi connectivity index (χ3n) is 4.28. The Kier molecular flexibility index (Phi) is 4.91. The molecule has 2 heterocycles. The van der Waals surface area contributed by atoms with Gasteiger partial charge in [0.25, 0.3) is 0 Å². The summed E-state index contributed by atoms with van der Waals surface area (Å²) in [5.41, 5.74) is 2.21. The molecular formula is C19H22N2O2. The third kappa shape index (κ3) is 3.89. The number of nitrogens with zero attached hydrogens (tertiary/aromatic N) is 2. The molecule has 1 aromatic carbocycles. The van der Waals surface area contributed by atoms with E-state index in [1.165, 1.54) is 0 Å². The molecule has 1 aliphatic rings. The zero-order valence-corrected chi connectivity index (χ0v) is 13.4. The number of piperidine rings is 1. The normalized spacial score (nSPS) is 17.8. The molecule has 1 saturated heterocycles. The fourth-order valence-electron chi connectivity index (χ4n) is 3.06. The Balaban J connectivity index is 1.65. The minimum Gasteiger partial charge on any atom is -0.473 e. The van der Waals surface area contributed by atoms with Crippen LogP contribution < -0.4 is 4.74 Å². The zero-order valence-electron chi connectivity index (χ0n) is 13.4. The standard InChI is InChI=1S/C19H22N2O2/c1-15(22)21-12-6-5-9-18(21)17-10-11-19(20-13-17)23-14-16-7-3-2-4-8-16/h2-4,7-8,10-11,13,18H,5-6,9,12,14H2,1H3. The molecule has 1 amide bonds. The van der Waals surface area contributed by atoms with Gasteiger partial charge in [0.2, 0.25) is 11.8 Å². The predicted octanol–water partition coefficient (Wildman–Crippen LogP) is 3.73. The van der Waals surface area contributed by atoms with Crippen LogP contribution in [0.5, 0.6) is 5.88 Å². The van der Waals surface area contributed by atoms with Crippen molar-refractivity contribution in [1.29, 1.82) is 0 Å². The second kappa shape index (κ2) is 7.27. The summed E-state index contributed by atoms with van der Waals surface area (Å²) in [7, 11) is 0. The van der Waals surface area contributed by atoms with E-state index in [1.54, 1.807) is 6.92 Å². The largest absolute Gasteiger partial charge is 0.473 e. The summed E-state index contributed by atoms with van der Waals surface area (Å²) in [6.07, 6.45) is 5.08. The van der Waals surface area contributed by atoms with Gasteiger partial charge in [-0.1, -0.05) is 36.4 Å². The van der Waals surface area contributed by atoms with E-state index in [0.29, 0.717) is 12.5 Å². The lowest BCUT2D eigenvalue weighted by molar-refractivity contribution is -0.132. The van der Waals surface area contributed by atoms with E-state index in [-0.39, 0.29) is 11.9 Å². The van der Waals surface area contributed by atoms with Crippen LogP contribution in [0.3, 0.4) is 0 Å². The predicted molar refractivity (Wildman–Crippen MR) is 89.0 cm³/mol. The molecule has 4 nitrogen and oxygen atoms in total. The van der Waals surface area contributed by atoms with Gasteiger partial charge in [-0.2, -0.15) is 0 Å². The molecule has 120 valence electrons. The van der Waals surface area contributed by atoms with Crippen molar-refractivity contribution in [1.82, 2.24) is 9.88 Å². The molecule has 0 radical (unpaired) electrons. The van der Waals surface area contributed by atoms with Crippen molar-refractivity contribution in [3.8, 4) is 5.88 Å². The number of carbonyl (C=O) groups is 1. The van der Waals surface area contributed by atoms with Crippen LogP contribution in [0, 0.1) is 0 Å². The highest BCUT2D eigenvalue weighted by atomic mass is 16.5. The Morgan fingerprint density at radius 3 is 2.74 bits per heavy atom. The van der Waals surface area contributed by atoms with Crippen LogP contribution >= 0.6 is 0 Å². The molecule has 0 N–H and O–H groups in total. The molecule has 0 spiro atoms. The summed E-state index contributed by atoms with van der Waals surface area (Å²) < 4.78 is 5.72. The number of benzene rings is 1.